The Balaban J connectivity index is 1.61. The van der Waals surface area contributed by atoms with Gasteiger partial charge in [0.2, 0.25) is 12.7 Å². The lowest BCUT2D eigenvalue weighted by Gasteiger charge is -2.07. The molecule has 0 spiro atoms. The smallest absolute Gasteiger partial charge is 0.231 e. The number of para-hydroxylation sites is 1. The SMILES string of the molecule is O=C(Cc1cccc2c1OCO2)NCc1ccccc1. The van der Waals surface area contributed by atoms with E-state index in [1.54, 1.807) is 0 Å². The van der Waals surface area contributed by atoms with Crippen LogP contribution in [0.4, 0.5) is 0 Å². The molecule has 2 aromatic rings. The van der Waals surface area contributed by atoms with Crippen LogP contribution >= 0.6 is 0 Å². The molecule has 1 aliphatic rings. The van der Waals surface area contributed by atoms with Crippen molar-refractivity contribution in [1.82, 2.24) is 5.32 Å². The number of carbonyl (C=O) groups excluding carboxylic acids is 1. The number of benzene rings is 2. The van der Waals surface area contributed by atoms with Gasteiger partial charge in [-0.25, -0.2) is 0 Å². The number of rotatable bonds is 4. The van der Waals surface area contributed by atoms with Gasteiger partial charge in [-0.1, -0.05) is 42.5 Å². The zero-order valence-electron chi connectivity index (χ0n) is 11.0. The van der Waals surface area contributed by atoms with Gasteiger partial charge in [0, 0.05) is 12.1 Å². The Labute approximate surface area is 117 Å². The Hall–Kier alpha value is -2.49. The second kappa shape index (κ2) is 5.65. The molecule has 0 saturated carbocycles. The van der Waals surface area contributed by atoms with E-state index in [0.29, 0.717) is 24.5 Å². The lowest BCUT2D eigenvalue weighted by molar-refractivity contribution is -0.120. The molecule has 3 rings (SSSR count). The van der Waals surface area contributed by atoms with Gasteiger partial charge in [0.15, 0.2) is 11.5 Å². The van der Waals surface area contributed by atoms with E-state index in [4.69, 9.17) is 9.47 Å². The summed E-state index contributed by atoms with van der Waals surface area (Å²) >= 11 is 0. The Morgan fingerprint density at radius 1 is 1.05 bits per heavy atom. The monoisotopic (exact) mass is 269 g/mol. The molecular formula is C16H15NO3. The molecule has 20 heavy (non-hydrogen) atoms. The second-order valence-electron chi connectivity index (χ2n) is 4.59. The molecule has 1 aliphatic heterocycles. The number of nitrogens with one attached hydrogen (secondary N) is 1. The highest BCUT2D eigenvalue weighted by Crippen LogP contribution is 2.35. The fraction of sp³-hybridized carbons (Fsp3) is 0.188. The van der Waals surface area contributed by atoms with Crippen LogP contribution in [0.1, 0.15) is 11.1 Å². The molecule has 1 heterocycles. The van der Waals surface area contributed by atoms with Gasteiger partial charge >= 0.3 is 0 Å². The fourth-order valence-corrected chi connectivity index (χ4v) is 2.16. The summed E-state index contributed by atoms with van der Waals surface area (Å²) in [6, 6.07) is 15.4. The van der Waals surface area contributed by atoms with Crippen LogP contribution < -0.4 is 14.8 Å². The summed E-state index contributed by atoms with van der Waals surface area (Å²) < 4.78 is 10.7. The van der Waals surface area contributed by atoms with Gasteiger partial charge < -0.3 is 14.8 Å². The van der Waals surface area contributed by atoms with Crippen molar-refractivity contribution in [2.75, 3.05) is 6.79 Å². The van der Waals surface area contributed by atoms with Crippen LogP contribution in [0.2, 0.25) is 0 Å². The van der Waals surface area contributed by atoms with Crippen LogP contribution in [-0.2, 0) is 17.8 Å². The van der Waals surface area contributed by atoms with Gasteiger partial charge in [0.1, 0.15) is 0 Å². The molecule has 4 heteroatoms. The topological polar surface area (TPSA) is 47.6 Å². The Kier molecular flexibility index (Phi) is 3.54. The fourth-order valence-electron chi connectivity index (χ4n) is 2.16. The van der Waals surface area contributed by atoms with Gasteiger partial charge in [-0.3, -0.25) is 4.79 Å². The average molecular weight is 269 g/mol. The number of amides is 1. The van der Waals surface area contributed by atoms with Crippen molar-refractivity contribution in [2.45, 2.75) is 13.0 Å². The third-order valence-corrected chi connectivity index (χ3v) is 3.16. The zero-order chi connectivity index (χ0) is 13.8. The molecule has 2 aromatic carbocycles. The third-order valence-electron chi connectivity index (χ3n) is 3.16. The highest BCUT2D eigenvalue weighted by molar-refractivity contribution is 5.79. The van der Waals surface area contributed by atoms with Crippen LogP contribution in [0.5, 0.6) is 11.5 Å². The first kappa shape index (κ1) is 12.5. The van der Waals surface area contributed by atoms with E-state index in [2.05, 4.69) is 5.32 Å². The molecule has 0 atom stereocenters. The van der Waals surface area contributed by atoms with Gasteiger partial charge in [0.05, 0.1) is 6.42 Å². The molecule has 1 amide bonds. The normalized spacial score (nSPS) is 12.2. The third kappa shape index (κ3) is 2.74. The van der Waals surface area contributed by atoms with E-state index in [9.17, 15) is 4.79 Å². The average Bonchev–Trinajstić information content (AvgIpc) is 2.96. The zero-order valence-corrected chi connectivity index (χ0v) is 11.0. The van der Waals surface area contributed by atoms with Crippen LogP contribution in [-0.4, -0.2) is 12.7 Å². The summed E-state index contributed by atoms with van der Waals surface area (Å²) in [7, 11) is 0. The van der Waals surface area contributed by atoms with Gasteiger partial charge in [-0.15, -0.1) is 0 Å². The molecule has 0 aromatic heterocycles. The van der Waals surface area contributed by atoms with Crippen molar-refractivity contribution in [3.63, 3.8) is 0 Å². The van der Waals surface area contributed by atoms with Crippen molar-refractivity contribution in [3.05, 3.63) is 59.7 Å². The van der Waals surface area contributed by atoms with Gasteiger partial charge in [-0.05, 0) is 11.6 Å². The largest absolute Gasteiger partial charge is 0.454 e. The highest BCUT2D eigenvalue weighted by atomic mass is 16.7. The van der Waals surface area contributed by atoms with E-state index in [1.165, 1.54) is 0 Å². The van der Waals surface area contributed by atoms with Crippen molar-refractivity contribution >= 4 is 5.91 Å². The highest BCUT2D eigenvalue weighted by Gasteiger charge is 2.18. The number of hydrogen-bond donors (Lipinski definition) is 1. The summed E-state index contributed by atoms with van der Waals surface area (Å²) in [4.78, 5) is 12.0. The van der Waals surface area contributed by atoms with E-state index in [-0.39, 0.29) is 12.7 Å². The maximum atomic E-state index is 12.0. The first-order valence-electron chi connectivity index (χ1n) is 6.51. The van der Waals surface area contributed by atoms with E-state index < -0.39 is 0 Å². The number of carbonyl (C=O) groups is 1. The predicted octanol–water partition coefficient (Wildman–Crippen LogP) is 2.27. The summed E-state index contributed by atoms with van der Waals surface area (Å²) in [5.41, 5.74) is 1.93. The van der Waals surface area contributed by atoms with Crippen LogP contribution in [0.15, 0.2) is 48.5 Å². The van der Waals surface area contributed by atoms with Crippen molar-refractivity contribution in [3.8, 4) is 11.5 Å². The van der Waals surface area contributed by atoms with E-state index >= 15 is 0 Å². The molecule has 4 nitrogen and oxygen atoms in total. The van der Waals surface area contributed by atoms with Crippen molar-refractivity contribution in [2.24, 2.45) is 0 Å². The molecule has 0 bridgehead atoms. The number of fused-ring (bicyclic) bond motifs is 1. The van der Waals surface area contributed by atoms with E-state index in [1.807, 2.05) is 48.5 Å². The van der Waals surface area contributed by atoms with Crippen molar-refractivity contribution < 1.29 is 14.3 Å². The Morgan fingerprint density at radius 3 is 2.75 bits per heavy atom. The lowest BCUT2D eigenvalue weighted by atomic mass is 10.1. The summed E-state index contributed by atoms with van der Waals surface area (Å²) in [6.45, 7) is 0.754. The van der Waals surface area contributed by atoms with E-state index in [0.717, 1.165) is 11.1 Å². The van der Waals surface area contributed by atoms with Crippen LogP contribution in [0.25, 0.3) is 0 Å². The molecule has 0 radical (unpaired) electrons. The van der Waals surface area contributed by atoms with Crippen molar-refractivity contribution in [1.29, 1.82) is 0 Å². The second-order valence-corrected chi connectivity index (χ2v) is 4.59. The maximum Gasteiger partial charge on any atom is 0.231 e. The summed E-state index contributed by atoms with van der Waals surface area (Å²) in [5, 5.41) is 2.90. The molecule has 0 aliphatic carbocycles. The number of ether oxygens (including phenoxy) is 2. The molecule has 1 N–H and O–H groups in total. The quantitative estimate of drug-likeness (QED) is 0.926. The molecule has 102 valence electrons. The maximum absolute atomic E-state index is 12.0. The summed E-state index contributed by atoms with van der Waals surface area (Å²) in [6.07, 6.45) is 0.291. The summed E-state index contributed by atoms with van der Waals surface area (Å²) in [5.74, 6) is 1.36. The molecule has 0 saturated heterocycles. The molecular weight excluding hydrogens is 254 g/mol. The van der Waals surface area contributed by atoms with Crippen LogP contribution in [0, 0.1) is 0 Å². The standard InChI is InChI=1S/C16H15NO3/c18-15(17-10-12-5-2-1-3-6-12)9-13-7-4-8-14-16(13)20-11-19-14/h1-8H,9-11H2,(H,17,18). The first-order valence-corrected chi connectivity index (χ1v) is 6.51. The minimum atomic E-state index is -0.0299. The molecule has 0 unspecified atom stereocenters. The van der Waals surface area contributed by atoms with Gasteiger partial charge in [-0.2, -0.15) is 0 Å². The lowest BCUT2D eigenvalue weighted by Crippen LogP contribution is -2.24. The number of hydrogen-bond acceptors (Lipinski definition) is 3. The molecule has 0 fully saturated rings. The minimum Gasteiger partial charge on any atom is -0.454 e. The Bertz CT molecular complexity index is 610. The first-order chi connectivity index (χ1) is 9.83. The predicted molar refractivity (Wildman–Crippen MR) is 74.6 cm³/mol. The Morgan fingerprint density at radius 2 is 1.90 bits per heavy atom. The van der Waals surface area contributed by atoms with Crippen LogP contribution in [0.3, 0.4) is 0 Å². The minimum absolute atomic E-state index is 0.0299. The van der Waals surface area contributed by atoms with Gasteiger partial charge in [0.25, 0.3) is 0 Å².